The zero-order valence-corrected chi connectivity index (χ0v) is 17.5. The Labute approximate surface area is 185 Å². The van der Waals surface area contributed by atoms with Crippen LogP contribution in [0.25, 0.3) is 11.0 Å². The second-order valence-electron chi connectivity index (χ2n) is 7.89. The van der Waals surface area contributed by atoms with Crippen molar-refractivity contribution in [1.29, 1.82) is 0 Å². The summed E-state index contributed by atoms with van der Waals surface area (Å²) in [6.45, 7) is 0.638. The molecule has 170 valence electrons. The molecular formula is C21H20ClF4N5O. The van der Waals surface area contributed by atoms with E-state index in [2.05, 4.69) is 25.8 Å². The van der Waals surface area contributed by atoms with Crippen LogP contribution in [0.4, 0.5) is 23.4 Å². The number of fused-ring (bicyclic) bond motifs is 1. The fraction of sp³-hybridized carbons (Fsp3) is 0.381. The molecule has 1 aromatic carbocycles. The number of carbonyl (C=O) groups excluding carboxylic acids is 1. The number of nitrogens with zero attached hydrogens (tertiary/aromatic N) is 2. The lowest BCUT2D eigenvalue weighted by atomic mass is 9.86. The van der Waals surface area contributed by atoms with Gasteiger partial charge in [0.2, 0.25) is 0 Å². The number of halogens is 5. The number of benzene rings is 1. The summed E-state index contributed by atoms with van der Waals surface area (Å²) in [4.78, 5) is 16.5. The van der Waals surface area contributed by atoms with E-state index in [0.29, 0.717) is 42.2 Å². The van der Waals surface area contributed by atoms with Crippen LogP contribution in [0.15, 0.2) is 30.5 Å². The zero-order valence-electron chi connectivity index (χ0n) is 16.8. The molecule has 2 heterocycles. The van der Waals surface area contributed by atoms with Crippen molar-refractivity contribution < 1.29 is 22.4 Å². The van der Waals surface area contributed by atoms with Crippen LogP contribution in [0.3, 0.4) is 0 Å². The van der Waals surface area contributed by atoms with Gasteiger partial charge in [-0.15, -0.1) is 0 Å². The summed E-state index contributed by atoms with van der Waals surface area (Å²) < 4.78 is 52.0. The van der Waals surface area contributed by atoms with Gasteiger partial charge in [0.15, 0.2) is 5.82 Å². The quantitative estimate of drug-likeness (QED) is 0.450. The van der Waals surface area contributed by atoms with Gasteiger partial charge in [-0.05, 0) is 49.8 Å². The summed E-state index contributed by atoms with van der Waals surface area (Å²) in [6, 6.07) is 3.91. The summed E-state index contributed by atoms with van der Waals surface area (Å²) >= 11 is 5.95. The molecular weight excluding hydrogens is 450 g/mol. The topological polar surface area (TPSA) is 82.7 Å². The number of aromatic nitrogens is 3. The third-order valence-electron chi connectivity index (χ3n) is 5.65. The number of alkyl halides is 3. The molecule has 1 saturated carbocycles. The van der Waals surface area contributed by atoms with Crippen LogP contribution in [0.1, 0.15) is 41.6 Å². The van der Waals surface area contributed by atoms with E-state index in [1.54, 1.807) is 0 Å². The number of carbonyl (C=O) groups is 1. The molecule has 0 atom stereocenters. The van der Waals surface area contributed by atoms with Gasteiger partial charge in [0.25, 0.3) is 5.91 Å². The van der Waals surface area contributed by atoms with Crippen LogP contribution in [-0.4, -0.2) is 33.7 Å². The Balaban J connectivity index is 1.30. The summed E-state index contributed by atoms with van der Waals surface area (Å²) in [6.07, 6.45) is -0.391. The fourth-order valence-corrected chi connectivity index (χ4v) is 4.10. The van der Waals surface area contributed by atoms with Gasteiger partial charge in [-0.2, -0.15) is 18.3 Å². The van der Waals surface area contributed by atoms with Crippen LogP contribution in [-0.2, 0) is 6.18 Å². The maximum atomic E-state index is 13.2. The second kappa shape index (κ2) is 8.93. The first-order valence-corrected chi connectivity index (χ1v) is 10.5. The van der Waals surface area contributed by atoms with Gasteiger partial charge in [-0.1, -0.05) is 11.6 Å². The predicted octanol–water partition coefficient (Wildman–Crippen LogP) is 5.17. The number of aromatic amines is 1. The first-order valence-electron chi connectivity index (χ1n) is 10.1. The molecule has 1 amide bonds. The van der Waals surface area contributed by atoms with E-state index >= 15 is 0 Å². The zero-order chi connectivity index (χ0) is 22.9. The molecule has 0 radical (unpaired) electrons. The van der Waals surface area contributed by atoms with Crippen LogP contribution in [0.5, 0.6) is 0 Å². The molecule has 1 fully saturated rings. The molecule has 0 bridgehead atoms. The van der Waals surface area contributed by atoms with Crippen molar-refractivity contribution in [2.24, 2.45) is 5.92 Å². The van der Waals surface area contributed by atoms with Crippen molar-refractivity contribution >= 4 is 34.4 Å². The minimum absolute atomic E-state index is 0.0203. The number of H-pyrrole nitrogens is 1. The van der Waals surface area contributed by atoms with Crippen molar-refractivity contribution in [3.8, 4) is 0 Å². The van der Waals surface area contributed by atoms with Crippen molar-refractivity contribution in [2.75, 3.05) is 11.9 Å². The van der Waals surface area contributed by atoms with E-state index in [1.807, 2.05) is 0 Å². The number of hydrogen-bond donors (Lipinski definition) is 3. The lowest BCUT2D eigenvalue weighted by Gasteiger charge is -2.29. The van der Waals surface area contributed by atoms with E-state index < -0.39 is 23.5 Å². The smallest absolute Gasteiger partial charge is 0.367 e. The SMILES string of the molecule is O=C(N[C@H]1CC[C@H](CNc2n[nH]c3cc(F)cnc23)CC1)c1cc(C(F)(F)F)ccc1Cl. The Morgan fingerprint density at radius 1 is 1.19 bits per heavy atom. The van der Waals surface area contributed by atoms with E-state index in [9.17, 15) is 22.4 Å². The molecule has 4 rings (SSSR count). The highest BCUT2D eigenvalue weighted by atomic mass is 35.5. The highest BCUT2D eigenvalue weighted by Crippen LogP contribution is 2.32. The van der Waals surface area contributed by atoms with Gasteiger partial charge in [-0.25, -0.2) is 9.37 Å². The molecule has 0 saturated heterocycles. The summed E-state index contributed by atoms with van der Waals surface area (Å²) in [7, 11) is 0. The number of amides is 1. The Morgan fingerprint density at radius 2 is 1.94 bits per heavy atom. The Hall–Kier alpha value is -2.88. The number of rotatable bonds is 5. The largest absolute Gasteiger partial charge is 0.416 e. The fourth-order valence-electron chi connectivity index (χ4n) is 3.90. The molecule has 0 spiro atoms. The van der Waals surface area contributed by atoms with Crippen LogP contribution < -0.4 is 10.6 Å². The summed E-state index contributed by atoms with van der Waals surface area (Å²) in [5.74, 6) is -0.175. The van der Waals surface area contributed by atoms with Gasteiger partial charge < -0.3 is 10.6 Å². The standard InChI is InChI=1S/C21H20ClF4N5O/c22-16-6-3-12(21(24,25)26)7-15(16)20(32)29-14-4-1-11(2-5-14)9-28-19-18-17(30-31-19)8-13(23)10-27-18/h3,6-8,10-11,14H,1-2,4-5,9H2,(H,29,32)(H2,28,30,31)/t11-,14-. The highest BCUT2D eigenvalue weighted by molar-refractivity contribution is 6.33. The predicted molar refractivity (Wildman–Crippen MR) is 112 cm³/mol. The lowest BCUT2D eigenvalue weighted by molar-refractivity contribution is -0.137. The van der Waals surface area contributed by atoms with Gasteiger partial charge in [0.1, 0.15) is 11.3 Å². The monoisotopic (exact) mass is 469 g/mol. The maximum absolute atomic E-state index is 13.2. The molecule has 11 heteroatoms. The molecule has 3 N–H and O–H groups in total. The molecule has 3 aromatic rings. The molecule has 1 aliphatic carbocycles. The van der Waals surface area contributed by atoms with Crippen LogP contribution in [0, 0.1) is 11.7 Å². The average Bonchev–Trinajstić information content (AvgIpc) is 3.14. The normalized spacial score (nSPS) is 19.2. The Kier molecular flexibility index (Phi) is 6.23. The molecule has 2 aromatic heterocycles. The minimum Gasteiger partial charge on any atom is -0.367 e. The molecule has 6 nitrogen and oxygen atoms in total. The Bertz CT molecular complexity index is 1130. The third kappa shape index (κ3) is 4.95. The molecule has 0 aliphatic heterocycles. The number of pyridine rings is 1. The number of nitrogens with one attached hydrogen (secondary N) is 3. The maximum Gasteiger partial charge on any atom is 0.416 e. The number of anilines is 1. The van der Waals surface area contributed by atoms with E-state index in [4.69, 9.17) is 11.6 Å². The molecule has 32 heavy (non-hydrogen) atoms. The molecule has 0 unspecified atom stereocenters. The third-order valence-corrected chi connectivity index (χ3v) is 5.97. The van der Waals surface area contributed by atoms with E-state index in [0.717, 1.165) is 37.2 Å². The van der Waals surface area contributed by atoms with Crippen molar-refractivity contribution in [3.05, 3.63) is 52.4 Å². The first kappa shape index (κ1) is 22.3. The minimum atomic E-state index is -4.55. The van der Waals surface area contributed by atoms with Crippen molar-refractivity contribution in [2.45, 2.75) is 37.9 Å². The number of hydrogen-bond acceptors (Lipinski definition) is 4. The average molecular weight is 470 g/mol. The molecule has 1 aliphatic rings. The summed E-state index contributed by atoms with van der Waals surface area (Å²) in [5.41, 5.74) is -0.0259. The van der Waals surface area contributed by atoms with Gasteiger partial charge >= 0.3 is 6.18 Å². The van der Waals surface area contributed by atoms with Gasteiger partial charge in [-0.3, -0.25) is 9.89 Å². The van der Waals surface area contributed by atoms with Crippen molar-refractivity contribution in [3.63, 3.8) is 0 Å². The van der Waals surface area contributed by atoms with Gasteiger partial charge in [0, 0.05) is 18.7 Å². The first-order chi connectivity index (χ1) is 15.2. The van der Waals surface area contributed by atoms with E-state index in [-0.39, 0.29) is 16.6 Å². The highest BCUT2D eigenvalue weighted by Gasteiger charge is 2.32. The lowest BCUT2D eigenvalue weighted by Crippen LogP contribution is -2.38. The van der Waals surface area contributed by atoms with Gasteiger partial charge in [0.05, 0.1) is 27.9 Å². The summed E-state index contributed by atoms with van der Waals surface area (Å²) in [5, 5.41) is 12.9. The second-order valence-corrected chi connectivity index (χ2v) is 8.29. The van der Waals surface area contributed by atoms with E-state index in [1.165, 1.54) is 6.07 Å². The van der Waals surface area contributed by atoms with Crippen molar-refractivity contribution in [1.82, 2.24) is 20.5 Å². The van der Waals surface area contributed by atoms with Crippen LogP contribution >= 0.6 is 11.6 Å². The Morgan fingerprint density at radius 3 is 2.66 bits per heavy atom. The van der Waals surface area contributed by atoms with Crippen LogP contribution in [0.2, 0.25) is 5.02 Å².